The van der Waals surface area contributed by atoms with Gasteiger partial charge in [-0.05, 0) is 103 Å². The van der Waals surface area contributed by atoms with Gasteiger partial charge in [0.05, 0.1) is 19.5 Å². The van der Waals surface area contributed by atoms with E-state index >= 15 is 0 Å². The molecule has 1 heterocycles. The summed E-state index contributed by atoms with van der Waals surface area (Å²) in [5, 5.41) is 1.08. The van der Waals surface area contributed by atoms with E-state index in [2.05, 4.69) is 58.0 Å². The maximum absolute atomic E-state index is 11.9. The van der Waals surface area contributed by atoms with Crippen LogP contribution in [0.2, 0.25) is 0 Å². The van der Waals surface area contributed by atoms with Crippen LogP contribution in [0.3, 0.4) is 0 Å². The summed E-state index contributed by atoms with van der Waals surface area (Å²) in [5.41, 5.74) is 7.12. The van der Waals surface area contributed by atoms with Gasteiger partial charge in [0.2, 0.25) is 0 Å². The number of rotatable bonds is 11. The van der Waals surface area contributed by atoms with Crippen LogP contribution in [0.4, 0.5) is 17.1 Å². The van der Waals surface area contributed by atoms with Gasteiger partial charge in [-0.1, -0.05) is 48.6 Å². The zero-order chi connectivity index (χ0) is 32.3. The van der Waals surface area contributed by atoms with Crippen molar-refractivity contribution in [2.45, 2.75) is 25.1 Å². The second-order valence-electron chi connectivity index (χ2n) is 11.0. The zero-order valence-electron chi connectivity index (χ0n) is 27.0. The summed E-state index contributed by atoms with van der Waals surface area (Å²) in [5.74, 6) is 1.58. The molecule has 1 atom stereocenters. The van der Waals surface area contributed by atoms with Gasteiger partial charge >= 0.3 is 29.6 Å². The predicted molar refractivity (Wildman–Crippen MR) is 186 cm³/mol. The molecule has 1 unspecified atom stereocenters. The van der Waals surface area contributed by atoms with Crippen LogP contribution in [0, 0.1) is 0 Å². The van der Waals surface area contributed by atoms with Gasteiger partial charge in [0.1, 0.15) is 21.6 Å². The number of aromatic nitrogens is 1. The van der Waals surface area contributed by atoms with Crippen molar-refractivity contribution in [3.8, 4) is 22.6 Å². The molecule has 6 aromatic rings. The number of para-hydroxylation sites is 1. The summed E-state index contributed by atoms with van der Waals surface area (Å²) in [7, 11) is -1.13. The molecule has 47 heavy (non-hydrogen) atoms. The van der Waals surface area contributed by atoms with Crippen LogP contribution in [0.5, 0.6) is 11.5 Å². The van der Waals surface area contributed by atoms with Crippen molar-refractivity contribution in [2.24, 2.45) is 0 Å². The molecule has 1 aromatic heterocycles. The summed E-state index contributed by atoms with van der Waals surface area (Å²) in [6, 6.07) is 38.9. The van der Waals surface area contributed by atoms with Gasteiger partial charge in [0.25, 0.3) is 0 Å². The van der Waals surface area contributed by atoms with Crippen molar-refractivity contribution in [3.63, 3.8) is 0 Å². The largest absolute Gasteiger partial charge is 1.00 e. The molecule has 6 rings (SSSR count). The molecule has 234 valence electrons. The first-order valence-electron chi connectivity index (χ1n) is 15.1. The van der Waals surface area contributed by atoms with E-state index < -0.39 is 15.4 Å². The number of aryl methyl sites for hydroxylation is 1. The first-order valence-corrected chi connectivity index (χ1v) is 16.5. The minimum atomic E-state index is -4.45. The van der Waals surface area contributed by atoms with Gasteiger partial charge in [-0.25, -0.2) is 8.42 Å². The number of methoxy groups -OCH3 is 2. The maximum Gasteiger partial charge on any atom is 1.00 e. The molecule has 0 spiro atoms. The number of nitrogens with zero attached hydrogens (tertiary/aromatic N) is 2. The molecule has 0 fully saturated rings. The Balaban J connectivity index is 0.00000433. The van der Waals surface area contributed by atoms with Crippen LogP contribution in [-0.4, -0.2) is 37.0 Å². The van der Waals surface area contributed by atoms with E-state index in [0.717, 1.165) is 61.5 Å². The normalized spacial score (nSPS) is 12.3. The van der Waals surface area contributed by atoms with Crippen LogP contribution in [0.15, 0.2) is 127 Å². The average Bonchev–Trinajstić information content (AvgIpc) is 3.40. The van der Waals surface area contributed by atoms with Gasteiger partial charge in [-0.3, -0.25) is 0 Å². The van der Waals surface area contributed by atoms with Crippen LogP contribution in [0.1, 0.15) is 13.3 Å². The van der Waals surface area contributed by atoms with Crippen molar-refractivity contribution >= 4 is 49.0 Å². The van der Waals surface area contributed by atoms with E-state index in [1.807, 2.05) is 66.7 Å². The van der Waals surface area contributed by atoms with E-state index in [1.54, 1.807) is 27.2 Å². The van der Waals surface area contributed by atoms with E-state index in [4.69, 9.17) is 9.47 Å². The molecule has 0 saturated carbocycles. The third-order valence-corrected chi connectivity index (χ3v) is 9.44. The Morgan fingerprint density at radius 2 is 1.23 bits per heavy atom. The summed E-state index contributed by atoms with van der Waals surface area (Å²) in [4.78, 5) is 2.18. The number of allylic oxidation sites excluding steroid dienone is 1. The summed E-state index contributed by atoms with van der Waals surface area (Å²) in [6.07, 6.45) is 3.30. The van der Waals surface area contributed by atoms with E-state index in [-0.39, 0.29) is 36.0 Å². The Kier molecular flexibility index (Phi) is 10.8. The van der Waals surface area contributed by atoms with Crippen molar-refractivity contribution in [1.82, 2.24) is 4.57 Å². The Labute approximate surface area is 298 Å². The number of fused-ring (bicyclic) bond motifs is 3. The SMILES string of the molecule is C/C=C/C(CCn1c2ccccc2c2cc(-c3ccc(N(c4ccc(OC)cc4)c4ccc(OC)cc4)cc3)ccc21)S(=O)(=O)[O-].[Na+]. The Morgan fingerprint density at radius 1 is 0.723 bits per heavy atom. The molecular weight excluding hydrogens is 619 g/mol. The second kappa shape index (κ2) is 14.8. The fourth-order valence-corrected chi connectivity index (χ4v) is 6.74. The molecular formula is C38H35N2NaO5S. The van der Waals surface area contributed by atoms with Crippen molar-refractivity contribution in [1.29, 1.82) is 0 Å². The van der Waals surface area contributed by atoms with E-state index in [0.29, 0.717) is 6.54 Å². The molecule has 0 N–H and O–H groups in total. The van der Waals surface area contributed by atoms with E-state index in [1.165, 1.54) is 6.08 Å². The monoisotopic (exact) mass is 654 g/mol. The summed E-state index contributed by atoms with van der Waals surface area (Å²) in [6.45, 7) is 2.13. The van der Waals surface area contributed by atoms with Gasteiger partial charge in [0.15, 0.2) is 0 Å². The molecule has 7 nitrogen and oxygen atoms in total. The molecule has 0 amide bonds. The minimum absolute atomic E-state index is 0. The summed E-state index contributed by atoms with van der Waals surface area (Å²) >= 11 is 0. The van der Waals surface area contributed by atoms with E-state index in [9.17, 15) is 13.0 Å². The average molecular weight is 655 g/mol. The maximum atomic E-state index is 11.9. The van der Waals surface area contributed by atoms with Gasteiger partial charge in [-0.2, -0.15) is 0 Å². The van der Waals surface area contributed by atoms with Crippen LogP contribution in [-0.2, 0) is 16.7 Å². The van der Waals surface area contributed by atoms with Crippen molar-refractivity contribution in [2.75, 3.05) is 19.1 Å². The topological polar surface area (TPSA) is 83.8 Å². The Hall–Kier alpha value is -4.05. The smallest absolute Gasteiger partial charge is 0.747 e. The van der Waals surface area contributed by atoms with Gasteiger partial charge in [0, 0.05) is 45.4 Å². The third-order valence-electron chi connectivity index (χ3n) is 8.31. The minimum Gasteiger partial charge on any atom is -0.747 e. The number of hydrogen-bond donors (Lipinski definition) is 0. The Bertz CT molecular complexity index is 2060. The van der Waals surface area contributed by atoms with Crippen LogP contribution in [0.25, 0.3) is 32.9 Å². The number of ether oxygens (including phenoxy) is 2. The molecule has 0 radical (unpaired) electrons. The standard InChI is InChI=1S/C38H36N2O5S.Na/c1-4-7-34(46(41,42)43)24-25-39-37-9-6-5-8-35(37)36-26-28(12-23-38(36)39)27-10-13-29(14-11-27)40(30-15-19-32(44-2)20-16-30)31-17-21-33(45-3)22-18-31;/h4-23,26,34H,24-25H2,1-3H3,(H,41,42,43);/q;+1/p-1/b7-4+;. The molecule has 9 heteroatoms. The first-order chi connectivity index (χ1) is 22.3. The molecule has 0 saturated heterocycles. The number of benzene rings is 5. The van der Waals surface area contributed by atoms with Gasteiger partial charge < -0.3 is 23.5 Å². The fourth-order valence-electron chi connectivity index (χ4n) is 5.99. The second-order valence-corrected chi connectivity index (χ2v) is 12.6. The van der Waals surface area contributed by atoms with Gasteiger partial charge in [-0.15, -0.1) is 0 Å². The number of hydrogen-bond acceptors (Lipinski definition) is 6. The fraction of sp³-hybridized carbons (Fsp3) is 0.158. The van der Waals surface area contributed by atoms with Crippen LogP contribution >= 0.6 is 0 Å². The number of anilines is 3. The molecule has 0 aliphatic rings. The quantitative estimate of drug-likeness (QED) is 0.0994. The molecule has 0 aliphatic heterocycles. The van der Waals surface area contributed by atoms with Crippen LogP contribution < -0.4 is 43.9 Å². The zero-order valence-corrected chi connectivity index (χ0v) is 29.8. The Morgan fingerprint density at radius 3 is 1.77 bits per heavy atom. The van der Waals surface area contributed by atoms with Crippen molar-refractivity contribution in [3.05, 3.63) is 127 Å². The van der Waals surface area contributed by atoms with Crippen molar-refractivity contribution < 1.29 is 52.0 Å². The first kappa shape index (κ1) is 34.3. The summed E-state index contributed by atoms with van der Waals surface area (Å²) < 4.78 is 48.5. The predicted octanol–water partition coefficient (Wildman–Crippen LogP) is 5.83. The molecule has 5 aromatic carbocycles. The molecule has 0 bridgehead atoms. The third kappa shape index (κ3) is 7.27. The molecule has 0 aliphatic carbocycles.